The van der Waals surface area contributed by atoms with Gasteiger partial charge >= 0.3 is 0 Å². The van der Waals surface area contributed by atoms with Crippen LogP contribution in [0.3, 0.4) is 0 Å². The fraction of sp³-hybridized carbons (Fsp3) is 0.806. The van der Waals surface area contributed by atoms with Gasteiger partial charge in [-0.05, 0) is 24.8 Å². The largest absolute Gasteiger partial charge is 0.379 e. The van der Waals surface area contributed by atoms with E-state index in [0.717, 1.165) is 39.1 Å². The van der Waals surface area contributed by atoms with Crippen molar-refractivity contribution in [3.8, 4) is 0 Å². The minimum absolute atomic E-state index is 0.296. The van der Waals surface area contributed by atoms with Gasteiger partial charge in [-0.15, -0.1) is 0 Å². The van der Waals surface area contributed by atoms with Gasteiger partial charge in [0.25, 0.3) is 0 Å². The van der Waals surface area contributed by atoms with Crippen molar-refractivity contribution in [2.45, 2.75) is 141 Å². The molecule has 0 bridgehead atoms. The van der Waals surface area contributed by atoms with Crippen molar-refractivity contribution in [1.29, 1.82) is 0 Å². The van der Waals surface area contributed by atoms with E-state index in [1.807, 2.05) is 0 Å². The van der Waals surface area contributed by atoms with Crippen molar-refractivity contribution >= 4 is 0 Å². The van der Waals surface area contributed by atoms with Crippen LogP contribution in [0, 0.1) is 0 Å². The maximum Gasteiger partial charge on any atom is 0.0813 e. The quantitative estimate of drug-likeness (QED) is 0.161. The molecule has 2 unspecified atom stereocenters. The summed E-state index contributed by atoms with van der Waals surface area (Å²) in [5.41, 5.74) is 1.33. The molecular formula is C31H55NO2. The maximum atomic E-state index is 6.15. The molecule has 1 fully saturated rings. The highest BCUT2D eigenvalue weighted by molar-refractivity contribution is 5.14. The Bertz CT molecular complexity index is 550. The molecule has 1 aromatic carbocycles. The second-order valence-electron chi connectivity index (χ2n) is 10.5. The molecule has 1 saturated heterocycles. The maximum absolute atomic E-state index is 6.15. The topological polar surface area (TPSA) is 30.5 Å². The molecule has 1 aliphatic heterocycles. The lowest BCUT2D eigenvalue weighted by Gasteiger charge is -2.15. The molecule has 1 aliphatic rings. The number of benzene rings is 1. The Hall–Kier alpha value is -0.900. The first-order chi connectivity index (χ1) is 16.9. The van der Waals surface area contributed by atoms with Crippen molar-refractivity contribution < 1.29 is 9.47 Å². The molecule has 0 radical (unpaired) electrons. The molecule has 0 aromatic heterocycles. The molecule has 1 heterocycles. The molecule has 1 aromatic rings. The molecule has 196 valence electrons. The molecule has 2 rings (SSSR count). The molecule has 0 amide bonds. The van der Waals surface area contributed by atoms with E-state index in [1.165, 1.54) is 108 Å². The fourth-order valence-corrected chi connectivity index (χ4v) is 4.99. The van der Waals surface area contributed by atoms with Gasteiger partial charge in [-0.1, -0.05) is 134 Å². The average Bonchev–Trinajstić information content (AvgIpc) is 3.31. The van der Waals surface area contributed by atoms with Crippen LogP contribution < -0.4 is 5.32 Å². The highest BCUT2D eigenvalue weighted by atomic mass is 16.5. The summed E-state index contributed by atoms with van der Waals surface area (Å²) < 4.78 is 12.1. The molecule has 0 spiro atoms. The van der Waals surface area contributed by atoms with Crippen LogP contribution in [0.4, 0.5) is 0 Å². The summed E-state index contributed by atoms with van der Waals surface area (Å²) in [4.78, 5) is 0. The monoisotopic (exact) mass is 473 g/mol. The van der Waals surface area contributed by atoms with Gasteiger partial charge in [0.2, 0.25) is 0 Å². The van der Waals surface area contributed by atoms with Crippen molar-refractivity contribution in [2.75, 3.05) is 19.8 Å². The highest BCUT2D eigenvalue weighted by Crippen LogP contribution is 2.20. The van der Waals surface area contributed by atoms with E-state index in [0.29, 0.717) is 12.2 Å². The van der Waals surface area contributed by atoms with Crippen LogP contribution in [0.5, 0.6) is 0 Å². The first kappa shape index (κ1) is 29.3. The molecule has 34 heavy (non-hydrogen) atoms. The second kappa shape index (κ2) is 21.4. The fourth-order valence-electron chi connectivity index (χ4n) is 4.99. The third-order valence-electron chi connectivity index (χ3n) is 7.19. The zero-order valence-corrected chi connectivity index (χ0v) is 22.4. The first-order valence-corrected chi connectivity index (χ1v) is 14.9. The van der Waals surface area contributed by atoms with Gasteiger partial charge in [-0.25, -0.2) is 0 Å². The molecule has 3 heteroatoms. The standard InChI is InChI=1S/C31H55NO2/c1-2-3-4-5-6-7-8-9-10-11-12-13-14-15-16-20-25-33-28-31-24-23-30(34-31)27-32-26-29-21-18-17-19-22-29/h17-19,21-22,30-32H,2-16,20,23-28H2,1H3. The predicted molar refractivity (Wildman–Crippen MR) is 146 cm³/mol. The lowest BCUT2D eigenvalue weighted by molar-refractivity contribution is -0.0150. The van der Waals surface area contributed by atoms with Gasteiger partial charge < -0.3 is 14.8 Å². The Labute approximate surface area is 211 Å². The summed E-state index contributed by atoms with van der Waals surface area (Å²) in [6, 6.07) is 10.6. The van der Waals surface area contributed by atoms with Crippen molar-refractivity contribution in [3.63, 3.8) is 0 Å². The normalized spacial score (nSPS) is 18.0. The number of hydrogen-bond donors (Lipinski definition) is 1. The molecule has 3 nitrogen and oxygen atoms in total. The van der Waals surface area contributed by atoms with Crippen molar-refractivity contribution in [2.24, 2.45) is 0 Å². The van der Waals surface area contributed by atoms with Gasteiger partial charge in [0.1, 0.15) is 0 Å². The van der Waals surface area contributed by atoms with Crippen LogP contribution in [-0.4, -0.2) is 32.0 Å². The van der Waals surface area contributed by atoms with Crippen molar-refractivity contribution in [3.05, 3.63) is 35.9 Å². The van der Waals surface area contributed by atoms with Crippen LogP contribution in [0.15, 0.2) is 30.3 Å². The SMILES string of the molecule is CCCCCCCCCCCCCCCCCCOCC1CCC(CNCc2ccccc2)O1. The van der Waals surface area contributed by atoms with E-state index >= 15 is 0 Å². The Morgan fingerprint density at radius 3 is 1.82 bits per heavy atom. The van der Waals surface area contributed by atoms with Crippen LogP contribution in [0.25, 0.3) is 0 Å². The lowest BCUT2D eigenvalue weighted by Crippen LogP contribution is -2.27. The van der Waals surface area contributed by atoms with Crippen molar-refractivity contribution in [1.82, 2.24) is 5.32 Å². The Kier molecular flexibility index (Phi) is 18.5. The van der Waals surface area contributed by atoms with Gasteiger partial charge in [-0.3, -0.25) is 0 Å². The minimum Gasteiger partial charge on any atom is -0.379 e. The minimum atomic E-state index is 0.296. The smallest absolute Gasteiger partial charge is 0.0813 e. The summed E-state index contributed by atoms with van der Waals surface area (Å²) >= 11 is 0. The van der Waals surface area contributed by atoms with E-state index in [4.69, 9.17) is 9.47 Å². The number of ether oxygens (including phenoxy) is 2. The van der Waals surface area contributed by atoms with E-state index < -0.39 is 0 Å². The highest BCUT2D eigenvalue weighted by Gasteiger charge is 2.24. The Morgan fingerprint density at radius 1 is 0.706 bits per heavy atom. The van der Waals surface area contributed by atoms with Crippen LogP contribution in [0.1, 0.15) is 128 Å². The first-order valence-electron chi connectivity index (χ1n) is 14.9. The van der Waals surface area contributed by atoms with Gasteiger partial charge in [0.15, 0.2) is 0 Å². The average molecular weight is 474 g/mol. The third kappa shape index (κ3) is 15.9. The van der Waals surface area contributed by atoms with Gasteiger partial charge in [-0.2, -0.15) is 0 Å². The lowest BCUT2D eigenvalue weighted by atomic mass is 10.0. The number of unbranched alkanes of at least 4 members (excludes halogenated alkanes) is 15. The predicted octanol–water partition coefficient (Wildman–Crippen LogP) is 8.60. The number of hydrogen-bond acceptors (Lipinski definition) is 3. The molecule has 0 aliphatic carbocycles. The van der Waals surface area contributed by atoms with E-state index in [1.54, 1.807) is 0 Å². The number of nitrogens with one attached hydrogen (secondary N) is 1. The molecule has 0 saturated carbocycles. The van der Waals surface area contributed by atoms with Crippen LogP contribution >= 0.6 is 0 Å². The van der Waals surface area contributed by atoms with Crippen LogP contribution in [-0.2, 0) is 16.0 Å². The van der Waals surface area contributed by atoms with Crippen LogP contribution in [0.2, 0.25) is 0 Å². The Morgan fingerprint density at radius 2 is 1.24 bits per heavy atom. The summed E-state index contributed by atoms with van der Waals surface area (Å²) in [6.45, 7) is 5.82. The molecular weight excluding hydrogens is 418 g/mol. The molecule has 2 atom stereocenters. The summed E-state index contributed by atoms with van der Waals surface area (Å²) in [6.07, 6.45) is 25.5. The zero-order chi connectivity index (χ0) is 23.9. The van der Waals surface area contributed by atoms with E-state index in [9.17, 15) is 0 Å². The zero-order valence-electron chi connectivity index (χ0n) is 22.4. The van der Waals surface area contributed by atoms with Gasteiger partial charge in [0, 0.05) is 19.7 Å². The second-order valence-corrected chi connectivity index (χ2v) is 10.5. The molecule has 1 N–H and O–H groups in total. The van der Waals surface area contributed by atoms with E-state index in [2.05, 4.69) is 42.6 Å². The summed E-state index contributed by atoms with van der Waals surface area (Å²) in [5, 5.41) is 3.53. The Balaban J connectivity index is 1.26. The van der Waals surface area contributed by atoms with Gasteiger partial charge in [0.05, 0.1) is 18.8 Å². The summed E-state index contributed by atoms with van der Waals surface area (Å²) in [5.74, 6) is 0. The third-order valence-corrected chi connectivity index (χ3v) is 7.19. The van der Waals surface area contributed by atoms with E-state index in [-0.39, 0.29) is 0 Å². The summed E-state index contributed by atoms with van der Waals surface area (Å²) in [7, 11) is 0. The number of rotatable bonds is 23.